The molecule has 2 amide bonds. The van der Waals surface area contributed by atoms with Gasteiger partial charge in [0.25, 0.3) is 0 Å². The lowest BCUT2D eigenvalue weighted by atomic mass is 9.96. The lowest BCUT2D eigenvalue weighted by molar-refractivity contribution is -0.134. The number of piperidine rings is 1. The van der Waals surface area contributed by atoms with Crippen molar-refractivity contribution in [2.24, 2.45) is 5.92 Å². The number of H-pyrrole nitrogens is 1. The molecular formula is C24H27N3O3. The van der Waals surface area contributed by atoms with Gasteiger partial charge in [0.2, 0.25) is 11.8 Å². The number of likely N-dealkylation sites (tertiary alicyclic amines) is 1. The molecule has 0 radical (unpaired) electrons. The summed E-state index contributed by atoms with van der Waals surface area (Å²) >= 11 is 0. The first kappa shape index (κ1) is 20.0. The Kier molecular flexibility index (Phi) is 6.02. The van der Waals surface area contributed by atoms with Gasteiger partial charge in [-0.1, -0.05) is 18.2 Å². The van der Waals surface area contributed by atoms with Crippen molar-refractivity contribution >= 4 is 28.4 Å². The molecule has 156 valence electrons. The molecule has 6 nitrogen and oxygen atoms in total. The van der Waals surface area contributed by atoms with Crippen LogP contribution in [-0.2, 0) is 16.0 Å². The van der Waals surface area contributed by atoms with Crippen molar-refractivity contribution in [3.05, 3.63) is 60.3 Å². The zero-order valence-electron chi connectivity index (χ0n) is 17.2. The van der Waals surface area contributed by atoms with E-state index in [1.165, 1.54) is 5.39 Å². The largest absolute Gasteiger partial charge is 0.497 e. The number of nitrogens with one attached hydrogen (secondary N) is 2. The summed E-state index contributed by atoms with van der Waals surface area (Å²) in [6.07, 6.45) is 4.78. The molecule has 0 spiro atoms. The number of hydrogen-bond acceptors (Lipinski definition) is 3. The van der Waals surface area contributed by atoms with Crippen LogP contribution in [0.5, 0.6) is 5.75 Å². The molecule has 0 bridgehead atoms. The van der Waals surface area contributed by atoms with Crippen molar-refractivity contribution in [2.45, 2.75) is 25.7 Å². The summed E-state index contributed by atoms with van der Waals surface area (Å²) < 4.78 is 5.15. The van der Waals surface area contributed by atoms with Gasteiger partial charge in [0.15, 0.2) is 0 Å². The van der Waals surface area contributed by atoms with Crippen LogP contribution in [0.4, 0.5) is 5.69 Å². The Labute approximate surface area is 176 Å². The smallest absolute Gasteiger partial charge is 0.229 e. The summed E-state index contributed by atoms with van der Waals surface area (Å²) in [4.78, 5) is 30.6. The topological polar surface area (TPSA) is 74.4 Å². The van der Waals surface area contributed by atoms with Gasteiger partial charge in [-0.15, -0.1) is 0 Å². The summed E-state index contributed by atoms with van der Waals surface area (Å²) in [5.41, 5.74) is 2.99. The predicted octanol–water partition coefficient (Wildman–Crippen LogP) is 3.99. The van der Waals surface area contributed by atoms with Crippen LogP contribution < -0.4 is 10.1 Å². The van der Waals surface area contributed by atoms with E-state index in [0.717, 1.165) is 41.9 Å². The molecular weight excluding hydrogens is 378 g/mol. The van der Waals surface area contributed by atoms with Crippen LogP contribution in [0.1, 0.15) is 24.8 Å². The SMILES string of the molecule is COc1ccc(NC(=O)[C@@H]2CCCN(C(=O)CCc3c[nH]c4ccccc34)C2)cc1. The minimum atomic E-state index is -0.183. The number of carbonyl (C=O) groups excluding carboxylic acids is 2. The van der Waals surface area contributed by atoms with Crippen LogP contribution in [0.2, 0.25) is 0 Å². The number of aromatic nitrogens is 1. The Morgan fingerprint density at radius 1 is 1.17 bits per heavy atom. The summed E-state index contributed by atoms with van der Waals surface area (Å²) in [7, 11) is 1.61. The van der Waals surface area contributed by atoms with Crippen LogP contribution in [-0.4, -0.2) is 41.9 Å². The van der Waals surface area contributed by atoms with E-state index in [1.54, 1.807) is 7.11 Å². The molecule has 2 aromatic carbocycles. The van der Waals surface area contributed by atoms with E-state index < -0.39 is 0 Å². The third-order valence-electron chi connectivity index (χ3n) is 5.79. The fraction of sp³-hybridized carbons (Fsp3) is 0.333. The van der Waals surface area contributed by atoms with E-state index in [1.807, 2.05) is 53.6 Å². The number of carbonyl (C=O) groups is 2. The number of ether oxygens (including phenoxy) is 1. The summed E-state index contributed by atoms with van der Waals surface area (Å²) in [6.45, 7) is 1.20. The van der Waals surface area contributed by atoms with Gasteiger partial charge in [-0.2, -0.15) is 0 Å². The van der Waals surface area contributed by atoms with Gasteiger partial charge >= 0.3 is 0 Å². The highest BCUT2D eigenvalue weighted by atomic mass is 16.5. The van der Waals surface area contributed by atoms with Crippen LogP contribution >= 0.6 is 0 Å². The number of rotatable bonds is 6. The molecule has 0 saturated carbocycles. The van der Waals surface area contributed by atoms with Crippen LogP contribution in [0.25, 0.3) is 10.9 Å². The van der Waals surface area contributed by atoms with Gasteiger partial charge in [-0.25, -0.2) is 0 Å². The highest BCUT2D eigenvalue weighted by Gasteiger charge is 2.28. The standard InChI is InChI=1S/C24H27N3O3/c1-30-20-11-9-19(10-12-20)26-24(29)18-5-4-14-27(16-18)23(28)13-8-17-15-25-22-7-3-2-6-21(17)22/h2-3,6-7,9-12,15,18,25H,4-5,8,13-14,16H2,1H3,(H,26,29)/t18-/m1/s1. The molecule has 30 heavy (non-hydrogen) atoms. The van der Waals surface area contributed by atoms with Gasteiger partial charge in [0, 0.05) is 42.3 Å². The van der Waals surface area contributed by atoms with Gasteiger partial charge in [0.05, 0.1) is 13.0 Å². The number of nitrogens with zero attached hydrogens (tertiary/aromatic N) is 1. The first-order valence-electron chi connectivity index (χ1n) is 10.4. The second kappa shape index (κ2) is 9.03. The van der Waals surface area contributed by atoms with Crippen LogP contribution in [0.3, 0.4) is 0 Å². The Morgan fingerprint density at radius 2 is 1.97 bits per heavy atom. The minimum Gasteiger partial charge on any atom is -0.497 e. The number of aryl methyl sites for hydroxylation is 1. The van der Waals surface area contributed by atoms with Crippen molar-refractivity contribution in [3.8, 4) is 5.75 Å². The van der Waals surface area contributed by atoms with Crippen molar-refractivity contribution in [2.75, 3.05) is 25.5 Å². The number of amides is 2. The van der Waals surface area contributed by atoms with Crippen molar-refractivity contribution < 1.29 is 14.3 Å². The number of benzene rings is 2. The van der Waals surface area contributed by atoms with E-state index in [9.17, 15) is 9.59 Å². The molecule has 2 N–H and O–H groups in total. The molecule has 4 rings (SSSR count). The average molecular weight is 405 g/mol. The number of hydrogen-bond donors (Lipinski definition) is 2. The Hall–Kier alpha value is -3.28. The first-order chi connectivity index (χ1) is 14.6. The predicted molar refractivity (Wildman–Crippen MR) is 118 cm³/mol. The molecule has 1 atom stereocenters. The van der Waals surface area contributed by atoms with E-state index in [4.69, 9.17) is 4.74 Å². The lowest BCUT2D eigenvalue weighted by Crippen LogP contribution is -2.43. The molecule has 0 aliphatic carbocycles. The van der Waals surface area contributed by atoms with Gasteiger partial charge < -0.3 is 19.9 Å². The third kappa shape index (κ3) is 4.48. The molecule has 6 heteroatoms. The molecule has 1 aliphatic heterocycles. The van der Waals surface area contributed by atoms with E-state index in [-0.39, 0.29) is 17.7 Å². The molecule has 1 fully saturated rings. The fourth-order valence-corrected chi connectivity index (χ4v) is 4.07. The van der Waals surface area contributed by atoms with Gasteiger partial charge in [-0.05, 0) is 55.2 Å². The number of aromatic amines is 1. The average Bonchev–Trinajstić information content (AvgIpc) is 3.21. The van der Waals surface area contributed by atoms with E-state index in [2.05, 4.69) is 16.4 Å². The second-order valence-electron chi connectivity index (χ2n) is 7.76. The highest BCUT2D eigenvalue weighted by molar-refractivity contribution is 5.93. The molecule has 1 saturated heterocycles. The molecule has 0 unspecified atom stereocenters. The first-order valence-corrected chi connectivity index (χ1v) is 10.4. The lowest BCUT2D eigenvalue weighted by Gasteiger charge is -2.32. The van der Waals surface area contributed by atoms with Crippen molar-refractivity contribution in [1.29, 1.82) is 0 Å². The number of anilines is 1. The Bertz CT molecular complexity index is 1030. The van der Waals surface area contributed by atoms with Crippen molar-refractivity contribution in [3.63, 3.8) is 0 Å². The van der Waals surface area contributed by atoms with Crippen LogP contribution in [0.15, 0.2) is 54.7 Å². The highest BCUT2D eigenvalue weighted by Crippen LogP contribution is 2.23. The zero-order chi connectivity index (χ0) is 20.9. The summed E-state index contributed by atoms with van der Waals surface area (Å²) in [6, 6.07) is 15.4. The fourth-order valence-electron chi connectivity index (χ4n) is 4.07. The number of methoxy groups -OCH3 is 1. The quantitative estimate of drug-likeness (QED) is 0.651. The van der Waals surface area contributed by atoms with Gasteiger partial charge in [0.1, 0.15) is 5.75 Å². The van der Waals surface area contributed by atoms with Crippen LogP contribution in [0, 0.1) is 5.92 Å². The molecule has 3 aromatic rings. The summed E-state index contributed by atoms with van der Waals surface area (Å²) in [5, 5.41) is 4.13. The molecule has 2 heterocycles. The zero-order valence-corrected chi connectivity index (χ0v) is 17.2. The minimum absolute atomic E-state index is 0.0331. The van der Waals surface area contributed by atoms with E-state index in [0.29, 0.717) is 19.4 Å². The monoisotopic (exact) mass is 405 g/mol. The second-order valence-corrected chi connectivity index (χ2v) is 7.76. The maximum atomic E-state index is 12.8. The van der Waals surface area contributed by atoms with E-state index >= 15 is 0 Å². The number of fused-ring (bicyclic) bond motifs is 1. The summed E-state index contributed by atoms with van der Waals surface area (Å²) in [5.74, 6) is 0.645. The maximum Gasteiger partial charge on any atom is 0.229 e. The third-order valence-corrected chi connectivity index (χ3v) is 5.79. The normalized spacial score (nSPS) is 16.4. The van der Waals surface area contributed by atoms with Gasteiger partial charge in [-0.3, -0.25) is 9.59 Å². The Balaban J connectivity index is 1.32. The molecule has 1 aromatic heterocycles. The molecule has 1 aliphatic rings. The Morgan fingerprint density at radius 3 is 2.77 bits per heavy atom. The maximum absolute atomic E-state index is 12.8. The number of para-hydroxylation sites is 1. The van der Waals surface area contributed by atoms with Crippen molar-refractivity contribution in [1.82, 2.24) is 9.88 Å².